The highest BCUT2D eigenvalue weighted by Crippen LogP contribution is 2.30. The van der Waals surface area contributed by atoms with Gasteiger partial charge in [-0.2, -0.15) is 0 Å². The van der Waals surface area contributed by atoms with E-state index in [-0.39, 0.29) is 24.1 Å². The van der Waals surface area contributed by atoms with Gasteiger partial charge < -0.3 is 10.2 Å². The molecule has 3 amide bonds. The fraction of sp³-hybridized carbons (Fsp3) is 0.526. The van der Waals surface area contributed by atoms with Crippen LogP contribution in [0, 0.1) is 0 Å². The number of carbonyl (C=O) groups is 3. The Hall–Kier alpha value is -2.25. The molecule has 1 unspecified atom stereocenters. The summed E-state index contributed by atoms with van der Waals surface area (Å²) in [5.41, 5.74) is 2.89. The zero-order chi connectivity index (χ0) is 17.8. The van der Waals surface area contributed by atoms with Crippen LogP contribution in [0.5, 0.6) is 0 Å². The average molecular weight is 354 g/mol. The summed E-state index contributed by atoms with van der Waals surface area (Å²) in [4.78, 5) is 40.3. The molecule has 0 spiro atoms. The van der Waals surface area contributed by atoms with E-state index < -0.39 is 6.04 Å². The molecular formula is C19H22N4O3. The maximum absolute atomic E-state index is 12.7. The van der Waals surface area contributed by atoms with Gasteiger partial charge >= 0.3 is 0 Å². The lowest BCUT2D eigenvalue weighted by Gasteiger charge is -2.29. The normalized spacial score (nSPS) is 30.8. The average Bonchev–Trinajstić information content (AvgIpc) is 3.30. The van der Waals surface area contributed by atoms with Crippen molar-refractivity contribution in [3.05, 3.63) is 34.9 Å². The van der Waals surface area contributed by atoms with Crippen LogP contribution in [0.15, 0.2) is 18.2 Å². The van der Waals surface area contributed by atoms with Crippen LogP contribution in [0.4, 0.5) is 0 Å². The molecule has 26 heavy (non-hydrogen) atoms. The monoisotopic (exact) mass is 354 g/mol. The fourth-order valence-electron chi connectivity index (χ4n) is 4.80. The second kappa shape index (κ2) is 5.89. The number of nitrogens with one attached hydrogen (secondary N) is 2. The number of hydrogen-bond donors (Lipinski definition) is 2. The van der Waals surface area contributed by atoms with Gasteiger partial charge in [0.05, 0.1) is 0 Å². The van der Waals surface area contributed by atoms with Crippen molar-refractivity contribution in [3.8, 4) is 0 Å². The third-order valence-electron chi connectivity index (χ3n) is 6.14. The zero-order valence-corrected chi connectivity index (χ0v) is 14.5. The molecule has 4 aliphatic heterocycles. The van der Waals surface area contributed by atoms with Gasteiger partial charge in [0.15, 0.2) is 0 Å². The SMILES string of the molecule is O=C1CCC(N2Cc3cc(CN4C[C@H]5C[C@@H]4CN5)ccc3C2=O)C(=O)N1. The van der Waals surface area contributed by atoms with Crippen LogP contribution in [0.25, 0.3) is 0 Å². The van der Waals surface area contributed by atoms with Gasteiger partial charge in [-0.05, 0) is 30.0 Å². The first-order chi connectivity index (χ1) is 12.6. The minimum absolute atomic E-state index is 0.106. The molecule has 4 heterocycles. The molecule has 4 aliphatic rings. The summed E-state index contributed by atoms with van der Waals surface area (Å²) >= 11 is 0. The number of likely N-dealkylation sites (tertiary alicyclic amines) is 1. The van der Waals surface area contributed by atoms with E-state index in [0.29, 0.717) is 30.6 Å². The molecule has 2 N–H and O–H groups in total. The number of amides is 3. The van der Waals surface area contributed by atoms with E-state index in [1.165, 1.54) is 12.0 Å². The lowest BCUT2D eigenvalue weighted by Crippen LogP contribution is -2.52. The molecule has 1 aromatic rings. The Balaban J connectivity index is 1.32. The Morgan fingerprint density at radius 2 is 2.08 bits per heavy atom. The van der Waals surface area contributed by atoms with Crippen molar-refractivity contribution in [1.82, 2.24) is 20.4 Å². The minimum Gasteiger partial charge on any atom is -0.322 e. The van der Waals surface area contributed by atoms with Gasteiger partial charge in [-0.25, -0.2) is 0 Å². The second-order valence-electron chi connectivity index (χ2n) is 7.82. The number of carbonyl (C=O) groups excluding carboxylic acids is 3. The van der Waals surface area contributed by atoms with Crippen LogP contribution < -0.4 is 10.6 Å². The van der Waals surface area contributed by atoms with E-state index >= 15 is 0 Å². The molecule has 5 rings (SSSR count). The molecule has 2 bridgehead atoms. The Morgan fingerprint density at radius 3 is 2.81 bits per heavy atom. The fourth-order valence-corrected chi connectivity index (χ4v) is 4.80. The second-order valence-corrected chi connectivity index (χ2v) is 7.82. The maximum Gasteiger partial charge on any atom is 0.255 e. The van der Waals surface area contributed by atoms with Crippen LogP contribution in [0.3, 0.4) is 0 Å². The van der Waals surface area contributed by atoms with Crippen molar-refractivity contribution in [2.75, 3.05) is 13.1 Å². The quantitative estimate of drug-likeness (QED) is 0.747. The van der Waals surface area contributed by atoms with Gasteiger partial charge in [0.1, 0.15) is 6.04 Å². The first-order valence-electron chi connectivity index (χ1n) is 9.32. The summed E-state index contributed by atoms with van der Waals surface area (Å²) in [6.07, 6.45) is 1.92. The minimum atomic E-state index is -0.545. The summed E-state index contributed by atoms with van der Waals surface area (Å²) in [5, 5.41) is 5.86. The van der Waals surface area contributed by atoms with Crippen molar-refractivity contribution in [1.29, 1.82) is 0 Å². The van der Waals surface area contributed by atoms with Crippen LogP contribution in [0.2, 0.25) is 0 Å². The number of hydrogen-bond acceptors (Lipinski definition) is 5. The standard InChI is InChI=1S/C19H22N4O3/c24-17-4-3-16(18(25)21-17)23-9-12-5-11(1-2-15(12)19(23)26)8-22-10-13-6-14(22)7-20-13/h1-2,5,13-14,16,20H,3-4,6-10H2,(H,21,24,25)/t13-,14-,16?/m1/s1. The van der Waals surface area contributed by atoms with Crippen molar-refractivity contribution >= 4 is 17.7 Å². The molecule has 7 heteroatoms. The van der Waals surface area contributed by atoms with E-state index in [2.05, 4.69) is 21.6 Å². The Morgan fingerprint density at radius 1 is 1.19 bits per heavy atom. The Bertz CT molecular complexity index is 808. The number of rotatable bonds is 3. The summed E-state index contributed by atoms with van der Waals surface area (Å²) < 4.78 is 0. The third-order valence-corrected chi connectivity index (χ3v) is 6.14. The van der Waals surface area contributed by atoms with Crippen LogP contribution in [-0.2, 0) is 22.7 Å². The number of nitrogens with zero attached hydrogens (tertiary/aromatic N) is 2. The zero-order valence-electron chi connectivity index (χ0n) is 14.5. The lowest BCUT2D eigenvalue weighted by molar-refractivity contribution is -0.136. The van der Waals surface area contributed by atoms with Gasteiger partial charge in [0, 0.05) is 50.2 Å². The molecule has 3 fully saturated rings. The summed E-state index contributed by atoms with van der Waals surface area (Å²) in [5.74, 6) is -0.721. The van der Waals surface area contributed by atoms with E-state index in [0.717, 1.165) is 25.2 Å². The van der Waals surface area contributed by atoms with Crippen molar-refractivity contribution in [2.24, 2.45) is 0 Å². The number of piperidine rings is 1. The number of benzene rings is 1. The molecule has 136 valence electrons. The highest BCUT2D eigenvalue weighted by atomic mass is 16.2. The smallest absolute Gasteiger partial charge is 0.255 e. The molecule has 1 aromatic carbocycles. The van der Waals surface area contributed by atoms with Crippen molar-refractivity contribution in [3.63, 3.8) is 0 Å². The third kappa shape index (κ3) is 2.54. The predicted molar refractivity (Wildman–Crippen MR) is 93.1 cm³/mol. The molecule has 3 saturated heterocycles. The maximum atomic E-state index is 12.7. The van der Waals surface area contributed by atoms with Crippen LogP contribution in [-0.4, -0.2) is 58.7 Å². The number of fused-ring (bicyclic) bond motifs is 3. The lowest BCUT2D eigenvalue weighted by atomic mass is 10.0. The van der Waals surface area contributed by atoms with Gasteiger partial charge in [-0.15, -0.1) is 0 Å². The first kappa shape index (κ1) is 16.0. The molecule has 0 aromatic heterocycles. The van der Waals surface area contributed by atoms with Gasteiger partial charge in [-0.1, -0.05) is 12.1 Å². The summed E-state index contributed by atoms with van der Waals surface area (Å²) in [6, 6.07) is 6.74. The number of imide groups is 1. The van der Waals surface area contributed by atoms with Crippen LogP contribution >= 0.6 is 0 Å². The summed E-state index contributed by atoms with van der Waals surface area (Å²) in [6.45, 7) is 3.51. The van der Waals surface area contributed by atoms with Crippen molar-refractivity contribution < 1.29 is 14.4 Å². The largest absolute Gasteiger partial charge is 0.322 e. The first-order valence-corrected chi connectivity index (χ1v) is 9.32. The molecule has 0 aliphatic carbocycles. The Kier molecular flexibility index (Phi) is 3.62. The van der Waals surface area contributed by atoms with E-state index in [4.69, 9.17) is 0 Å². The summed E-state index contributed by atoms with van der Waals surface area (Å²) in [7, 11) is 0. The Labute approximate surface area is 151 Å². The van der Waals surface area contributed by atoms with Gasteiger partial charge in [0.2, 0.25) is 11.8 Å². The van der Waals surface area contributed by atoms with E-state index in [1.54, 1.807) is 4.90 Å². The topological polar surface area (TPSA) is 81.8 Å². The molecule has 0 radical (unpaired) electrons. The number of piperazine rings is 1. The molecular weight excluding hydrogens is 332 g/mol. The van der Waals surface area contributed by atoms with E-state index in [9.17, 15) is 14.4 Å². The molecule has 7 nitrogen and oxygen atoms in total. The van der Waals surface area contributed by atoms with E-state index in [1.807, 2.05) is 12.1 Å². The predicted octanol–water partition coefficient (Wildman–Crippen LogP) is -0.00630. The van der Waals surface area contributed by atoms with Crippen molar-refractivity contribution in [2.45, 2.75) is 50.5 Å². The highest BCUT2D eigenvalue weighted by Gasteiger charge is 2.40. The molecule has 0 saturated carbocycles. The van der Waals surface area contributed by atoms with Crippen LogP contribution in [0.1, 0.15) is 40.7 Å². The highest BCUT2D eigenvalue weighted by molar-refractivity contribution is 6.05. The van der Waals surface area contributed by atoms with Gasteiger partial charge in [0.25, 0.3) is 5.91 Å². The van der Waals surface area contributed by atoms with Gasteiger partial charge in [-0.3, -0.25) is 24.6 Å². The molecule has 3 atom stereocenters.